The SMILES string of the molecule is O=S(=O)(Nc1cccc(F)n1)C1CCCC1. The van der Waals surface area contributed by atoms with Crippen LogP contribution in [0.1, 0.15) is 25.7 Å². The van der Waals surface area contributed by atoms with Crippen molar-refractivity contribution in [3.8, 4) is 0 Å². The van der Waals surface area contributed by atoms with Gasteiger partial charge in [0.15, 0.2) is 0 Å². The van der Waals surface area contributed by atoms with Crippen LogP contribution in [0.3, 0.4) is 0 Å². The van der Waals surface area contributed by atoms with Gasteiger partial charge in [0.25, 0.3) is 0 Å². The monoisotopic (exact) mass is 244 g/mol. The van der Waals surface area contributed by atoms with Crippen molar-refractivity contribution in [1.29, 1.82) is 0 Å². The standard InChI is InChI=1S/C10H13FN2O2S/c11-9-6-3-7-10(12-9)13-16(14,15)8-4-1-2-5-8/h3,6-8H,1-2,4-5H2,(H,12,13). The Morgan fingerprint density at radius 3 is 2.62 bits per heavy atom. The van der Waals surface area contributed by atoms with Crippen LogP contribution in [0.4, 0.5) is 10.2 Å². The van der Waals surface area contributed by atoms with E-state index in [1.165, 1.54) is 18.2 Å². The maximum absolute atomic E-state index is 12.8. The molecule has 1 heterocycles. The Kier molecular flexibility index (Phi) is 3.09. The molecule has 1 saturated carbocycles. The van der Waals surface area contributed by atoms with Crippen LogP contribution in [0.25, 0.3) is 0 Å². The van der Waals surface area contributed by atoms with E-state index >= 15 is 0 Å². The molecular formula is C10H13FN2O2S. The summed E-state index contributed by atoms with van der Waals surface area (Å²) in [5.41, 5.74) is 0. The van der Waals surface area contributed by atoms with E-state index in [1.807, 2.05) is 0 Å². The van der Waals surface area contributed by atoms with Crippen molar-refractivity contribution < 1.29 is 12.8 Å². The van der Waals surface area contributed by atoms with Gasteiger partial charge in [0, 0.05) is 0 Å². The number of nitrogens with zero attached hydrogens (tertiary/aromatic N) is 1. The van der Waals surface area contributed by atoms with Crippen LogP contribution in [0, 0.1) is 5.95 Å². The van der Waals surface area contributed by atoms with Crippen molar-refractivity contribution in [2.75, 3.05) is 4.72 Å². The Labute approximate surface area is 93.9 Å². The molecule has 1 aliphatic carbocycles. The van der Waals surface area contributed by atoms with Crippen molar-refractivity contribution in [3.63, 3.8) is 0 Å². The predicted octanol–water partition coefficient (Wildman–Crippen LogP) is 1.91. The molecule has 1 aromatic rings. The van der Waals surface area contributed by atoms with E-state index < -0.39 is 16.0 Å². The number of halogens is 1. The second-order valence-electron chi connectivity index (χ2n) is 3.90. The first-order chi connectivity index (χ1) is 7.58. The van der Waals surface area contributed by atoms with Crippen molar-refractivity contribution in [1.82, 2.24) is 4.98 Å². The molecule has 88 valence electrons. The van der Waals surface area contributed by atoms with Crippen LogP contribution in [0.15, 0.2) is 18.2 Å². The highest BCUT2D eigenvalue weighted by Gasteiger charge is 2.28. The van der Waals surface area contributed by atoms with Crippen molar-refractivity contribution >= 4 is 15.8 Å². The quantitative estimate of drug-likeness (QED) is 0.826. The summed E-state index contributed by atoms with van der Waals surface area (Å²) in [6.07, 6.45) is 3.21. The second kappa shape index (κ2) is 4.37. The number of hydrogen-bond acceptors (Lipinski definition) is 3. The van der Waals surface area contributed by atoms with E-state index in [9.17, 15) is 12.8 Å². The van der Waals surface area contributed by atoms with Crippen LogP contribution in [-0.4, -0.2) is 18.7 Å². The van der Waals surface area contributed by atoms with Gasteiger partial charge >= 0.3 is 0 Å². The molecule has 6 heteroatoms. The lowest BCUT2D eigenvalue weighted by Gasteiger charge is -2.12. The summed E-state index contributed by atoms with van der Waals surface area (Å²) in [4.78, 5) is 3.47. The molecule has 0 aliphatic heterocycles. The number of pyridine rings is 1. The molecule has 16 heavy (non-hydrogen) atoms. The Hall–Kier alpha value is -1.17. The van der Waals surface area contributed by atoms with Gasteiger partial charge in [-0.1, -0.05) is 18.9 Å². The van der Waals surface area contributed by atoms with Gasteiger partial charge in [0.05, 0.1) is 5.25 Å². The van der Waals surface area contributed by atoms with E-state index in [4.69, 9.17) is 0 Å². The van der Waals surface area contributed by atoms with Gasteiger partial charge in [0.1, 0.15) is 5.82 Å². The van der Waals surface area contributed by atoms with Gasteiger partial charge in [0.2, 0.25) is 16.0 Å². The summed E-state index contributed by atoms with van der Waals surface area (Å²) in [6, 6.07) is 4.04. The highest BCUT2D eigenvalue weighted by molar-refractivity contribution is 7.93. The summed E-state index contributed by atoms with van der Waals surface area (Å²) in [5.74, 6) is -0.640. The van der Waals surface area contributed by atoms with E-state index in [0.29, 0.717) is 12.8 Å². The molecular weight excluding hydrogens is 231 g/mol. The average Bonchev–Trinajstić information content (AvgIpc) is 2.69. The molecule has 1 fully saturated rings. The summed E-state index contributed by atoms with van der Waals surface area (Å²) < 4.78 is 38.8. The Bertz CT molecular complexity index is 469. The molecule has 1 N–H and O–H groups in total. The largest absolute Gasteiger partial charge is 0.267 e. The minimum absolute atomic E-state index is 0.0481. The summed E-state index contributed by atoms with van der Waals surface area (Å²) >= 11 is 0. The Morgan fingerprint density at radius 1 is 1.31 bits per heavy atom. The highest BCUT2D eigenvalue weighted by Crippen LogP contribution is 2.25. The lowest BCUT2D eigenvalue weighted by atomic mass is 10.4. The Balaban J connectivity index is 2.14. The summed E-state index contributed by atoms with van der Waals surface area (Å²) in [5, 5.41) is -0.363. The van der Waals surface area contributed by atoms with Crippen LogP contribution < -0.4 is 4.72 Å². The number of aromatic nitrogens is 1. The second-order valence-corrected chi connectivity index (χ2v) is 5.86. The third-order valence-corrected chi connectivity index (χ3v) is 4.55. The zero-order chi connectivity index (χ0) is 11.6. The molecule has 0 aromatic carbocycles. The van der Waals surface area contributed by atoms with Gasteiger partial charge < -0.3 is 0 Å². The molecule has 0 saturated heterocycles. The fourth-order valence-corrected chi connectivity index (χ4v) is 3.42. The molecule has 1 aromatic heterocycles. The predicted molar refractivity (Wildman–Crippen MR) is 59.0 cm³/mol. The first kappa shape index (κ1) is 11.3. The lowest BCUT2D eigenvalue weighted by molar-refractivity contribution is 0.580. The fraction of sp³-hybridized carbons (Fsp3) is 0.500. The molecule has 0 atom stereocenters. The maximum atomic E-state index is 12.8. The molecule has 0 radical (unpaired) electrons. The third kappa shape index (κ3) is 2.49. The fourth-order valence-electron chi connectivity index (χ4n) is 1.89. The average molecular weight is 244 g/mol. The molecule has 4 nitrogen and oxygen atoms in total. The maximum Gasteiger partial charge on any atom is 0.236 e. The Morgan fingerprint density at radius 2 is 2.00 bits per heavy atom. The van der Waals surface area contributed by atoms with Gasteiger partial charge in [-0.3, -0.25) is 4.72 Å². The van der Waals surface area contributed by atoms with Gasteiger partial charge in [-0.15, -0.1) is 0 Å². The first-order valence-corrected chi connectivity index (χ1v) is 6.77. The molecule has 0 spiro atoms. The summed E-state index contributed by atoms with van der Waals surface area (Å²) in [7, 11) is -3.41. The van der Waals surface area contributed by atoms with Crippen LogP contribution in [0.2, 0.25) is 0 Å². The summed E-state index contributed by atoms with van der Waals surface area (Å²) in [6.45, 7) is 0. The van der Waals surface area contributed by atoms with Gasteiger partial charge in [-0.05, 0) is 25.0 Å². The normalized spacial score (nSPS) is 17.6. The van der Waals surface area contributed by atoms with Gasteiger partial charge in [-0.25, -0.2) is 13.4 Å². The molecule has 2 rings (SSSR count). The number of sulfonamides is 1. The minimum Gasteiger partial charge on any atom is -0.267 e. The van der Waals surface area contributed by atoms with E-state index in [1.54, 1.807) is 0 Å². The number of anilines is 1. The van der Waals surface area contributed by atoms with Crippen molar-refractivity contribution in [2.45, 2.75) is 30.9 Å². The number of nitrogens with one attached hydrogen (secondary N) is 1. The van der Waals surface area contributed by atoms with Gasteiger partial charge in [-0.2, -0.15) is 4.39 Å². The molecule has 0 bridgehead atoms. The zero-order valence-corrected chi connectivity index (χ0v) is 9.50. The minimum atomic E-state index is -3.41. The zero-order valence-electron chi connectivity index (χ0n) is 8.69. The topological polar surface area (TPSA) is 59.1 Å². The third-order valence-electron chi connectivity index (χ3n) is 2.70. The highest BCUT2D eigenvalue weighted by atomic mass is 32.2. The van der Waals surface area contributed by atoms with E-state index in [-0.39, 0.29) is 11.1 Å². The lowest BCUT2D eigenvalue weighted by Crippen LogP contribution is -2.25. The first-order valence-electron chi connectivity index (χ1n) is 5.22. The number of hydrogen-bond donors (Lipinski definition) is 1. The van der Waals surface area contributed by atoms with E-state index in [0.717, 1.165) is 12.8 Å². The van der Waals surface area contributed by atoms with Crippen LogP contribution in [-0.2, 0) is 10.0 Å². The smallest absolute Gasteiger partial charge is 0.236 e. The van der Waals surface area contributed by atoms with Crippen LogP contribution in [0.5, 0.6) is 0 Å². The molecule has 1 aliphatic rings. The number of rotatable bonds is 3. The molecule has 0 amide bonds. The molecule has 0 unspecified atom stereocenters. The van der Waals surface area contributed by atoms with E-state index in [2.05, 4.69) is 9.71 Å². The van der Waals surface area contributed by atoms with Crippen molar-refractivity contribution in [3.05, 3.63) is 24.1 Å². The van der Waals surface area contributed by atoms with Crippen LogP contribution >= 0.6 is 0 Å². The van der Waals surface area contributed by atoms with Crippen molar-refractivity contribution in [2.24, 2.45) is 0 Å².